The lowest BCUT2D eigenvalue weighted by Gasteiger charge is -2.18. The van der Waals surface area contributed by atoms with Crippen molar-refractivity contribution in [2.24, 2.45) is 7.05 Å². The van der Waals surface area contributed by atoms with Gasteiger partial charge < -0.3 is 11.1 Å². The molecule has 0 spiro atoms. The van der Waals surface area contributed by atoms with Crippen LogP contribution in [0.1, 0.15) is 56.1 Å². The number of hydrogen-bond donors (Lipinski definition) is 2. The van der Waals surface area contributed by atoms with Gasteiger partial charge in [0.15, 0.2) is 0 Å². The zero-order valence-corrected chi connectivity index (χ0v) is 13.5. The number of nitrogens with zero attached hydrogens (tertiary/aromatic N) is 2. The van der Waals surface area contributed by atoms with Gasteiger partial charge in [0.05, 0.1) is 17.4 Å². The van der Waals surface area contributed by atoms with Crippen LogP contribution in [0.25, 0.3) is 0 Å². The Kier molecular flexibility index (Phi) is 4.70. The summed E-state index contributed by atoms with van der Waals surface area (Å²) in [6.07, 6.45) is 2.21. The first kappa shape index (κ1) is 14.9. The summed E-state index contributed by atoms with van der Waals surface area (Å²) in [4.78, 5) is 1.35. The maximum atomic E-state index is 6.26. The third-order valence-electron chi connectivity index (χ3n) is 3.43. The highest BCUT2D eigenvalue weighted by Gasteiger charge is 2.19. The zero-order valence-electron chi connectivity index (χ0n) is 12.7. The fraction of sp³-hybridized carbons (Fsp3) is 0.533. The van der Waals surface area contributed by atoms with Crippen molar-refractivity contribution in [3.05, 3.63) is 28.1 Å². The van der Waals surface area contributed by atoms with E-state index < -0.39 is 0 Å². The lowest BCUT2D eigenvalue weighted by atomic mass is 10.1. The predicted octanol–water partition coefficient (Wildman–Crippen LogP) is 4.14. The van der Waals surface area contributed by atoms with Crippen LogP contribution in [0.5, 0.6) is 0 Å². The van der Waals surface area contributed by atoms with Crippen molar-refractivity contribution in [3.8, 4) is 0 Å². The smallest absolute Gasteiger partial charge is 0.148 e. The molecule has 0 amide bonds. The fourth-order valence-corrected chi connectivity index (χ4v) is 3.20. The van der Waals surface area contributed by atoms with Crippen LogP contribution in [0.2, 0.25) is 0 Å². The molecule has 0 saturated carbocycles. The molecule has 2 heterocycles. The Morgan fingerprint density at radius 2 is 2.20 bits per heavy atom. The zero-order chi connectivity index (χ0) is 14.7. The number of hydrogen-bond acceptors (Lipinski definition) is 4. The van der Waals surface area contributed by atoms with Gasteiger partial charge in [-0.2, -0.15) is 5.10 Å². The second-order valence-corrected chi connectivity index (χ2v) is 6.41. The van der Waals surface area contributed by atoms with Gasteiger partial charge in [0.2, 0.25) is 0 Å². The van der Waals surface area contributed by atoms with E-state index in [9.17, 15) is 0 Å². The summed E-state index contributed by atoms with van der Waals surface area (Å²) in [7, 11) is 1.95. The minimum atomic E-state index is 0.303. The minimum absolute atomic E-state index is 0.303. The monoisotopic (exact) mass is 292 g/mol. The summed E-state index contributed by atoms with van der Waals surface area (Å²) in [5.74, 6) is 1.27. The SMILES string of the molecule is CCCC(Nc1c(N)c(C(C)C)nn1C)c1cccs1. The fourth-order valence-electron chi connectivity index (χ4n) is 2.39. The highest BCUT2D eigenvalue weighted by molar-refractivity contribution is 7.10. The molecule has 110 valence electrons. The Bertz CT molecular complexity index is 542. The molecule has 0 aliphatic heterocycles. The third kappa shape index (κ3) is 2.98. The number of aromatic nitrogens is 2. The van der Waals surface area contributed by atoms with E-state index >= 15 is 0 Å². The van der Waals surface area contributed by atoms with Crippen LogP contribution in [0.4, 0.5) is 11.5 Å². The predicted molar refractivity (Wildman–Crippen MR) is 87.3 cm³/mol. The highest BCUT2D eigenvalue weighted by atomic mass is 32.1. The molecule has 1 atom stereocenters. The molecule has 0 saturated heterocycles. The average molecular weight is 292 g/mol. The van der Waals surface area contributed by atoms with Crippen LogP contribution in [-0.4, -0.2) is 9.78 Å². The maximum Gasteiger partial charge on any atom is 0.148 e. The summed E-state index contributed by atoms with van der Waals surface area (Å²) in [5, 5.41) is 10.2. The number of anilines is 2. The Balaban J connectivity index is 2.27. The molecule has 2 aromatic heterocycles. The van der Waals surface area contributed by atoms with Crippen molar-refractivity contribution < 1.29 is 0 Å². The molecule has 1 unspecified atom stereocenters. The van der Waals surface area contributed by atoms with Crippen LogP contribution in [0.3, 0.4) is 0 Å². The lowest BCUT2D eigenvalue weighted by Crippen LogP contribution is -2.13. The van der Waals surface area contributed by atoms with E-state index in [1.54, 1.807) is 11.3 Å². The molecule has 0 aliphatic carbocycles. The van der Waals surface area contributed by atoms with Gasteiger partial charge in [0.1, 0.15) is 5.82 Å². The quantitative estimate of drug-likeness (QED) is 0.841. The van der Waals surface area contributed by atoms with E-state index in [0.717, 1.165) is 30.0 Å². The second-order valence-electron chi connectivity index (χ2n) is 5.43. The average Bonchev–Trinajstić information content (AvgIpc) is 3.01. The minimum Gasteiger partial charge on any atom is -0.394 e. The van der Waals surface area contributed by atoms with Gasteiger partial charge in [-0.3, -0.25) is 4.68 Å². The van der Waals surface area contributed by atoms with Crippen LogP contribution < -0.4 is 11.1 Å². The van der Waals surface area contributed by atoms with E-state index in [0.29, 0.717) is 12.0 Å². The van der Waals surface area contributed by atoms with Crippen LogP contribution in [-0.2, 0) is 7.05 Å². The van der Waals surface area contributed by atoms with Crippen molar-refractivity contribution in [3.63, 3.8) is 0 Å². The molecule has 3 N–H and O–H groups in total. The van der Waals surface area contributed by atoms with Gasteiger partial charge in [0.25, 0.3) is 0 Å². The van der Waals surface area contributed by atoms with E-state index in [1.165, 1.54) is 4.88 Å². The second kappa shape index (κ2) is 6.31. The van der Waals surface area contributed by atoms with Crippen molar-refractivity contribution >= 4 is 22.8 Å². The number of aryl methyl sites for hydroxylation is 1. The standard InChI is InChI=1S/C15H24N4S/c1-5-7-11(12-8-6-9-20-12)17-15-13(16)14(10(2)3)18-19(15)4/h6,8-11,17H,5,7,16H2,1-4H3. The lowest BCUT2D eigenvalue weighted by molar-refractivity contribution is 0.663. The third-order valence-corrected chi connectivity index (χ3v) is 4.42. The van der Waals surface area contributed by atoms with Gasteiger partial charge in [0, 0.05) is 11.9 Å². The molecule has 0 radical (unpaired) electrons. The van der Waals surface area contributed by atoms with E-state index in [2.05, 4.69) is 48.7 Å². The Labute approximate surface area is 125 Å². The summed E-state index contributed by atoms with van der Waals surface area (Å²) >= 11 is 1.78. The number of rotatable bonds is 6. The largest absolute Gasteiger partial charge is 0.394 e. The van der Waals surface area contributed by atoms with Gasteiger partial charge in [-0.25, -0.2) is 0 Å². The van der Waals surface area contributed by atoms with E-state index in [1.807, 2.05) is 11.7 Å². The van der Waals surface area contributed by atoms with Gasteiger partial charge >= 0.3 is 0 Å². The van der Waals surface area contributed by atoms with Gasteiger partial charge in [-0.05, 0) is 23.8 Å². The molecular weight excluding hydrogens is 268 g/mol. The Morgan fingerprint density at radius 3 is 2.70 bits per heavy atom. The number of thiophene rings is 1. The molecule has 0 aliphatic rings. The van der Waals surface area contributed by atoms with Gasteiger partial charge in [-0.1, -0.05) is 33.3 Å². The molecule has 2 rings (SSSR count). The van der Waals surface area contributed by atoms with Crippen LogP contribution >= 0.6 is 11.3 Å². The number of nitrogens with one attached hydrogen (secondary N) is 1. The Morgan fingerprint density at radius 1 is 1.45 bits per heavy atom. The molecule has 4 nitrogen and oxygen atoms in total. The molecule has 2 aromatic rings. The maximum absolute atomic E-state index is 6.26. The summed E-state index contributed by atoms with van der Waals surface area (Å²) < 4.78 is 1.86. The van der Waals surface area contributed by atoms with Crippen molar-refractivity contribution in [1.82, 2.24) is 9.78 Å². The van der Waals surface area contributed by atoms with E-state index in [4.69, 9.17) is 5.73 Å². The molecular formula is C15H24N4S. The topological polar surface area (TPSA) is 55.9 Å². The normalized spacial score (nSPS) is 12.8. The first-order chi connectivity index (χ1) is 9.54. The highest BCUT2D eigenvalue weighted by Crippen LogP contribution is 2.33. The van der Waals surface area contributed by atoms with Crippen LogP contribution in [0.15, 0.2) is 17.5 Å². The molecule has 0 aromatic carbocycles. The van der Waals surface area contributed by atoms with Crippen molar-refractivity contribution in [2.75, 3.05) is 11.1 Å². The van der Waals surface area contributed by atoms with Crippen LogP contribution in [0, 0.1) is 0 Å². The number of nitrogens with two attached hydrogens (primary N) is 1. The molecule has 5 heteroatoms. The van der Waals surface area contributed by atoms with E-state index in [-0.39, 0.29) is 0 Å². The molecule has 0 bridgehead atoms. The van der Waals surface area contributed by atoms with Crippen molar-refractivity contribution in [2.45, 2.75) is 45.6 Å². The summed E-state index contributed by atoms with van der Waals surface area (Å²) in [6, 6.07) is 4.57. The number of nitrogen functional groups attached to an aromatic ring is 1. The Hall–Kier alpha value is -1.49. The molecule has 20 heavy (non-hydrogen) atoms. The first-order valence-corrected chi connectivity index (χ1v) is 8.04. The summed E-state index contributed by atoms with van der Waals surface area (Å²) in [6.45, 7) is 6.44. The first-order valence-electron chi connectivity index (χ1n) is 7.16. The van der Waals surface area contributed by atoms with Gasteiger partial charge in [-0.15, -0.1) is 11.3 Å². The molecule has 0 fully saturated rings. The van der Waals surface area contributed by atoms with Crippen molar-refractivity contribution in [1.29, 1.82) is 0 Å². The summed E-state index contributed by atoms with van der Waals surface area (Å²) in [5.41, 5.74) is 8.01.